The lowest BCUT2D eigenvalue weighted by molar-refractivity contribution is -0.193. The van der Waals surface area contributed by atoms with E-state index < -0.39 is 0 Å². The van der Waals surface area contributed by atoms with Crippen molar-refractivity contribution in [2.45, 2.75) is 46.0 Å². The molecule has 0 aliphatic heterocycles. The van der Waals surface area contributed by atoms with Crippen molar-refractivity contribution >= 4 is 24.0 Å². The molecule has 3 N–H and O–H groups in total. The third kappa shape index (κ3) is 11.9. The molecule has 244 valence electrons. The first-order valence-electron chi connectivity index (χ1n) is 15.6. The van der Waals surface area contributed by atoms with Gasteiger partial charge in [-0.1, -0.05) is 83.9 Å². The molecule has 0 fully saturated rings. The Morgan fingerprint density at radius 2 is 1.53 bits per heavy atom. The van der Waals surface area contributed by atoms with E-state index >= 15 is 0 Å². The number of amidine groups is 1. The number of nitrogens with two attached hydrogens (primary N) is 1. The van der Waals surface area contributed by atoms with Gasteiger partial charge < -0.3 is 16.0 Å². The van der Waals surface area contributed by atoms with Crippen molar-refractivity contribution in [3.8, 4) is 11.1 Å². The SMILES string of the molecule is Cc1ccc(CC(N)=NCCCN(C)CCCNc2nc(Cc3ccccc3)nc3c2-c2ccc(C)cc2C3)cc1.O=C=O.O=C=O. The summed E-state index contributed by atoms with van der Waals surface area (Å²) in [5.74, 6) is 2.55. The predicted octanol–water partition coefficient (Wildman–Crippen LogP) is 4.81. The average molecular weight is 635 g/mol. The van der Waals surface area contributed by atoms with E-state index in [1.807, 2.05) is 6.07 Å². The highest BCUT2D eigenvalue weighted by Crippen LogP contribution is 2.40. The van der Waals surface area contributed by atoms with Crippen molar-refractivity contribution in [1.82, 2.24) is 14.9 Å². The minimum atomic E-state index is 0.250. The Labute approximate surface area is 276 Å². The van der Waals surface area contributed by atoms with Crippen LogP contribution in [0.25, 0.3) is 11.1 Å². The zero-order valence-electron chi connectivity index (χ0n) is 27.3. The van der Waals surface area contributed by atoms with Crippen molar-refractivity contribution in [3.05, 3.63) is 112 Å². The van der Waals surface area contributed by atoms with Crippen molar-refractivity contribution in [2.75, 3.05) is 38.5 Å². The third-order valence-electron chi connectivity index (χ3n) is 7.65. The Bertz CT molecular complexity index is 1670. The smallest absolute Gasteiger partial charge is 0.373 e. The minimum absolute atomic E-state index is 0.250. The van der Waals surface area contributed by atoms with Crippen LogP contribution in [-0.2, 0) is 38.4 Å². The molecule has 0 saturated heterocycles. The Kier molecular flexibility index (Phi) is 14.9. The summed E-state index contributed by atoms with van der Waals surface area (Å²) >= 11 is 0. The number of benzene rings is 3. The molecular formula is C37H42N6O4. The highest BCUT2D eigenvalue weighted by molar-refractivity contribution is 5.84. The van der Waals surface area contributed by atoms with Crippen LogP contribution in [0.4, 0.5) is 5.82 Å². The van der Waals surface area contributed by atoms with E-state index in [-0.39, 0.29) is 12.3 Å². The summed E-state index contributed by atoms with van der Waals surface area (Å²) < 4.78 is 0. The zero-order chi connectivity index (χ0) is 34.0. The van der Waals surface area contributed by atoms with Crippen LogP contribution in [0.1, 0.15) is 52.2 Å². The van der Waals surface area contributed by atoms with Crippen molar-refractivity contribution < 1.29 is 19.2 Å². The van der Waals surface area contributed by atoms with Gasteiger partial charge in [0.1, 0.15) is 11.6 Å². The fourth-order valence-electron chi connectivity index (χ4n) is 5.45. The first-order valence-corrected chi connectivity index (χ1v) is 15.6. The van der Waals surface area contributed by atoms with Crippen LogP contribution in [0.15, 0.2) is 77.8 Å². The maximum Gasteiger partial charge on any atom is 0.373 e. The topological polar surface area (TPSA) is 148 Å². The molecule has 47 heavy (non-hydrogen) atoms. The van der Waals surface area contributed by atoms with Crippen molar-refractivity contribution in [3.63, 3.8) is 0 Å². The van der Waals surface area contributed by atoms with Crippen molar-refractivity contribution in [2.24, 2.45) is 10.7 Å². The van der Waals surface area contributed by atoms with Gasteiger partial charge in [-0.05, 0) is 69.1 Å². The van der Waals surface area contributed by atoms with E-state index in [2.05, 4.69) is 103 Å². The van der Waals surface area contributed by atoms with Gasteiger partial charge >= 0.3 is 12.3 Å². The molecule has 0 bridgehead atoms. The highest BCUT2D eigenvalue weighted by atomic mass is 16.2. The molecule has 0 radical (unpaired) electrons. The number of anilines is 1. The van der Waals surface area contributed by atoms with Crippen LogP contribution in [0.3, 0.4) is 0 Å². The quantitative estimate of drug-likeness (QED) is 0.106. The summed E-state index contributed by atoms with van der Waals surface area (Å²) in [6.45, 7) is 7.88. The summed E-state index contributed by atoms with van der Waals surface area (Å²) in [6, 6.07) is 25.7. The van der Waals surface area contributed by atoms with Gasteiger partial charge in [-0.25, -0.2) is 9.97 Å². The molecule has 3 aromatic carbocycles. The Morgan fingerprint density at radius 3 is 2.23 bits per heavy atom. The number of fused-ring (bicyclic) bond motifs is 3. The van der Waals surface area contributed by atoms with Gasteiger partial charge in [-0.15, -0.1) is 0 Å². The molecule has 4 aromatic rings. The number of rotatable bonds is 13. The van der Waals surface area contributed by atoms with Crippen LogP contribution in [-0.4, -0.2) is 66.2 Å². The van der Waals surface area contributed by atoms with Gasteiger partial charge in [0.05, 0.1) is 11.5 Å². The maximum absolute atomic E-state index is 8.12. The molecular weight excluding hydrogens is 592 g/mol. The summed E-state index contributed by atoms with van der Waals surface area (Å²) in [5.41, 5.74) is 16.1. The molecule has 1 aliphatic rings. The van der Waals surface area contributed by atoms with Gasteiger partial charge in [-0.3, -0.25) is 4.99 Å². The van der Waals surface area contributed by atoms with Crippen LogP contribution in [0.5, 0.6) is 0 Å². The Balaban J connectivity index is 0.000000930. The largest absolute Gasteiger partial charge is 0.387 e. The molecule has 10 nitrogen and oxygen atoms in total. The van der Waals surface area contributed by atoms with Crippen molar-refractivity contribution in [1.29, 1.82) is 0 Å². The first kappa shape index (κ1) is 36.2. The molecule has 0 saturated carbocycles. The van der Waals surface area contributed by atoms with E-state index in [0.717, 1.165) is 69.2 Å². The van der Waals surface area contributed by atoms with E-state index in [9.17, 15) is 0 Å². The van der Waals surface area contributed by atoms with E-state index in [4.69, 9.17) is 34.9 Å². The molecule has 5 rings (SSSR count). The Hall–Kier alpha value is -5.27. The van der Waals surface area contributed by atoms with Crippen LogP contribution < -0.4 is 11.1 Å². The number of carbonyl (C=O) groups excluding carboxylic acids is 4. The van der Waals surface area contributed by atoms with Crippen LogP contribution in [0.2, 0.25) is 0 Å². The van der Waals surface area contributed by atoms with E-state index in [1.165, 1.54) is 38.9 Å². The number of nitrogens with zero attached hydrogens (tertiary/aromatic N) is 4. The first-order chi connectivity index (χ1) is 22.8. The standard InChI is InChI=1S/C35H42N6.2CO2/c1-25-11-14-28(15-12-25)22-32(36)37-17-7-19-41(3)20-8-18-38-35-34-30-16-13-26(2)21-29(30)24-31(34)39-33(40-35)23-27-9-5-4-6-10-27;2*2-1-3/h4-6,9-16,21H,7-8,17-20,22-24H2,1-3H3,(H2,36,37)(H,38,39,40);;. The van der Waals surface area contributed by atoms with Crippen LogP contribution in [0, 0.1) is 13.8 Å². The van der Waals surface area contributed by atoms with E-state index in [1.54, 1.807) is 0 Å². The number of aliphatic imine (C=N–C) groups is 1. The zero-order valence-corrected chi connectivity index (χ0v) is 27.3. The van der Waals surface area contributed by atoms with Gasteiger partial charge in [0.25, 0.3) is 0 Å². The molecule has 0 atom stereocenters. The molecule has 10 heteroatoms. The second-order valence-corrected chi connectivity index (χ2v) is 11.4. The molecule has 1 aliphatic carbocycles. The van der Waals surface area contributed by atoms with Gasteiger partial charge in [0.15, 0.2) is 0 Å². The van der Waals surface area contributed by atoms with Gasteiger partial charge in [0, 0.05) is 37.9 Å². The van der Waals surface area contributed by atoms with E-state index in [0.29, 0.717) is 12.3 Å². The molecule has 0 unspecified atom stereocenters. The number of nitrogens with one attached hydrogen (secondary N) is 1. The summed E-state index contributed by atoms with van der Waals surface area (Å²) in [5, 5.41) is 3.67. The molecule has 0 amide bonds. The predicted molar refractivity (Wildman–Crippen MR) is 181 cm³/mol. The maximum atomic E-state index is 8.12. The summed E-state index contributed by atoms with van der Waals surface area (Å²) in [6.07, 6.45) is 4.84. The third-order valence-corrected chi connectivity index (χ3v) is 7.65. The molecule has 1 heterocycles. The number of aromatic nitrogens is 2. The Morgan fingerprint density at radius 1 is 0.872 bits per heavy atom. The minimum Gasteiger partial charge on any atom is -0.387 e. The second kappa shape index (κ2) is 19.3. The van der Waals surface area contributed by atoms with Gasteiger partial charge in [0.2, 0.25) is 0 Å². The molecule has 0 spiro atoms. The summed E-state index contributed by atoms with van der Waals surface area (Å²) in [7, 11) is 2.18. The second-order valence-electron chi connectivity index (χ2n) is 11.4. The molecule has 1 aromatic heterocycles. The lowest BCUT2D eigenvalue weighted by Gasteiger charge is -2.17. The average Bonchev–Trinajstić information content (AvgIpc) is 3.41. The number of hydrogen-bond donors (Lipinski definition) is 2. The normalized spacial score (nSPS) is 11.2. The lowest BCUT2D eigenvalue weighted by atomic mass is 10.0. The highest BCUT2D eigenvalue weighted by Gasteiger charge is 2.25. The monoisotopic (exact) mass is 634 g/mol. The number of hydrogen-bond acceptors (Lipinski definition) is 9. The summed E-state index contributed by atoms with van der Waals surface area (Å²) in [4.78, 5) is 49.5. The lowest BCUT2D eigenvalue weighted by Crippen LogP contribution is -2.24. The fourth-order valence-corrected chi connectivity index (χ4v) is 5.45. The van der Waals surface area contributed by atoms with Gasteiger partial charge in [-0.2, -0.15) is 19.2 Å². The van der Waals surface area contributed by atoms with Crippen LogP contribution >= 0.6 is 0 Å². The number of aryl methyl sites for hydroxylation is 2. The fraction of sp³-hybridized carbons (Fsp3) is 0.324.